The number of hydrogen-bond donors (Lipinski definition) is 1. The number of quaternary nitrogens is 1. The van der Waals surface area contributed by atoms with E-state index in [-0.39, 0.29) is 24.3 Å². The monoisotopic (exact) mass is 221 g/mol. The summed E-state index contributed by atoms with van der Waals surface area (Å²) in [6.45, 7) is 8.02. The van der Waals surface area contributed by atoms with Gasteiger partial charge in [0.15, 0.2) is 0 Å². The Morgan fingerprint density at radius 3 is 2.21 bits per heavy atom. The first kappa shape index (κ1) is 16.1. The van der Waals surface area contributed by atoms with E-state index in [0.29, 0.717) is 23.1 Å². The van der Waals surface area contributed by atoms with Crippen LogP contribution in [0.4, 0.5) is 0 Å². The zero-order chi connectivity index (χ0) is 10.6. The molecule has 3 nitrogen and oxygen atoms in total. The van der Waals surface area contributed by atoms with E-state index in [1.54, 1.807) is 13.8 Å². The number of aliphatic hydroxyl groups excluding tert-OH is 1. The number of carbonyl (C=O) groups is 1. The van der Waals surface area contributed by atoms with Crippen LogP contribution >= 0.6 is 0 Å². The minimum atomic E-state index is -0.382. The Labute approximate surface area is 92.4 Å². The van der Waals surface area contributed by atoms with Crippen LogP contribution in [0.25, 0.3) is 0 Å². The number of rotatable bonds is 5. The van der Waals surface area contributed by atoms with E-state index in [4.69, 9.17) is 0 Å². The van der Waals surface area contributed by atoms with E-state index in [1.807, 2.05) is 14.1 Å². The standard InChI is InChI=1S/C10H20NO2.ClH/c1-8(2)10(13)7-11(4,5)6-9(3)12;/h9,12H,1,6-7H2,2-5H3;1H/q+1;/p-1. The van der Waals surface area contributed by atoms with Crippen molar-refractivity contribution < 1.29 is 26.8 Å². The number of hydrogen-bond acceptors (Lipinski definition) is 2. The molecule has 0 heterocycles. The minimum Gasteiger partial charge on any atom is -1.00 e. The van der Waals surface area contributed by atoms with E-state index in [2.05, 4.69) is 6.58 Å². The maximum absolute atomic E-state index is 11.3. The fourth-order valence-electron chi connectivity index (χ4n) is 1.30. The fourth-order valence-corrected chi connectivity index (χ4v) is 1.30. The Morgan fingerprint density at radius 1 is 1.50 bits per heavy atom. The Kier molecular flexibility index (Phi) is 7.08. The van der Waals surface area contributed by atoms with Crippen molar-refractivity contribution in [3.05, 3.63) is 12.2 Å². The lowest BCUT2D eigenvalue weighted by Crippen LogP contribution is -3.00. The Hall–Kier alpha value is -0.380. The molecule has 1 N–H and O–H groups in total. The topological polar surface area (TPSA) is 37.3 Å². The van der Waals surface area contributed by atoms with Gasteiger partial charge >= 0.3 is 0 Å². The molecule has 0 bridgehead atoms. The van der Waals surface area contributed by atoms with Gasteiger partial charge in [0.2, 0.25) is 5.78 Å². The molecule has 1 atom stereocenters. The first-order valence-electron chi connectivity index (χ1n) is 4.43. The number of aliphatic hydroxyl groups is 1. The van der Waals surface area contributed by atoms with E-state index in [1.165, 1.54) is 0 Å². The second kappa shape index (κ2) is 6.17. The van der Waals surface area contributed by atoms with Crippen LogP contribution in [0.15, 0.2) is 12.2 Å². The molecule has 4 heteroatoms. The molecule has 0 aliphatic rings. The molecule has 0 spiro atoms. The number of nitrogens with zero attached hydrogens (tertiary/aromatic N) is 1. The number of likely N-dealkylation sites (N-methyl/N-ethyl adjacent to an activating group) is 1. The third-order valence-electron chi connectivity index (χ3n) is 1.81. The van der Waals surface area contributed by atoms with Crippen molar-refractivity contribution in [3.8, 4) is 0 Å². The van der Waals surface area contributed by atoms with Crippen LogP contribution in [0.1, 0.15) is 13.8 Å². The molecule has 0 saturated heterocycles. The fraction of sp³-hybridized carbons (Fsp3) is 0.700. The van der Waals surface area contributed by atoms with Crippen LogP contribution in [-0.2, 0) is 4.79 Å². The second-order valence-corrected chi connectivity index (χ2v) is 4.33. The summed E-state index contributed by atoms with van der Waals surface area (Å²) in [5.74, 6) is 0.0608. The van der Waals surface area contributed by atoms with Gasteiger partial charge in [0, 0.05) is 0 Å². The number of halogens is 1. The first-order chi connectivity index (χ1) is 5.74. The first-order valence-corrected chi connectivity index (χ1v) is 4.43. The zero-order valence-corrected chi connectivity index (χ0v) is 10.1. The molecular weight excluding hydrogens is 202 g/mol. The normalized spacial score (nSPS) is 12.9. The maximum atomic E-state index is 11.3. The van der Waals surface area contributed by atoms with Crippen molar-refractivity contribution in [2.45, 2.75) is 20.0 Å². The van der Waals surface area contributed by atoms with Gasteiger partial charge in [0.05, 0.1) is 14.1 Å². The SMILES string of the molecule is C=C(C)C(=O)C[N+](C)(C)CC(C)O.[Cl-]. The van der Waals surface area contributed by atoms with E-state index >= 15 is 0 Å². The molecule has 84 valence electrons. The molecule has 0 rings (SSSR count). The molecule has 0 radical (unpaired) electrons. The lowest BCUT2D eigenvalue weighted by molar-refractivity contribution is -0.885. The molecule has 0 fully saturated rings. The molecule has 0 aromatic rings. The summed E-state index contributed by atoms with van der Waals surface area (Å²) >= 11 is 0. The van der Waals surface area contributed by atoms with Crippen LogP contribution < -0.4 is 12.4 Å². The third-order valence-corrected chi connectivity index (χ3v) is 1.81. The molecule has 0 aliphatic carbocycles. The van der Waals surface area contributed by atoms with Gasteiger partial charge in [-0.3, -0.25) is 4.79 Å². The highest BCUT2D eigenvalue weighted by atomic mass is 35.5. The van der Waals surface area contributed by atoms with Crippen molar-refractivity contribution in [1.29, 1.82) is 0 Å². The van der Waals surface area contributed by atoms with Gasteiger partial charge in [-0.2, -0.15) is 0 Å². The van der Waals surface area contributed by atoms with Gasteiger partial charge in [-0.05, 0) is 19.4 Å². The van der Waals surface area contributed by atoms with Gasteiger partial charge in [-0.25, -0.2) is 0 Å². The van der Waals surface area contributed by atoms with Crippen LogP contribution in [0.3, 0.4) is 0 Å². The smallest absolute Gasteiger partial charge is 0.212 e. The minimum absolute atomic E-state index is 0. The quantitative estimate of drug-likeness (QED) is 0.415. The third kappa shape index (κ3) is 7.06. The Bertz CT molecular complexity index is 212. The molecule has 1 unspecified atom stereocenters. The largest absolute Gasteiger partial charge is 1.00 e. The van der Waals surface area contributed by atoms with Crippen LogP contribution in [0.5, 0.6) is 0 Å². The van der Waals surface area contributed by atoms with E-state index < -0.39 is 0 Å². The average molecular weight is 222 g/mol. The lowest BCUT2D eigenvalue weighted by Gasteiger charge is -2.30. The predicted octanol–water partition coefficient (Wildman–Crippen LogP) is -2.41. The lowest BCUT2D eigenvalue weighted by atomic mass is 10.2. The molecule has 0 aromatic carbocycles. The van der Waals surface area contributed by atoms with Crippen molar-refractivity contribution >= 4 is 5.78 Å². The van der Waals surface area contributed by atoms with Crippen molar-refractivity contribution in [2.24, 2.45) is 0 Å². The van der Waals surface area contributed by atoms with Crippen LogP contribution in [0, 0.1) is 0 Å². The van der Waals surface area contributed by atoms with Crippen molar-refractivity contribution in [2.75, 3.05) is 27.2 Å². The van der Waals surface area contributed by atoms with Crippen molar-refractivity contribution in [3.63, 3.8) is 0 Å². The predicted molar refractivity (Wildman–Crippen MR) is 53.3 cm³/mol. The van der Waals surface area contributed by atoms with E-state index in [9.17, 15) is 9.90 Å². The highest BCUT2D eigenvalue weighted by molar-refractivity contribution is 5.95. The highest BCUT2D eigenvalue weighted by Crippen LogP contribution is 2.02. The zero-order valence-electron chi connectivity index (χ0n) is 9.38. The number of Topliss-reactive ketones (excluding diaryl/α,β-unsaturated/α-hetero) is 1. The van der Waals surface area contributed by atoms with Crippen LogP contribution in [-0.4, -0.2) is 48.7 Å². The molecule has 0 aliphatic heterocycles. The van der Waals surface area contributed by atoms with Gasteiger partial charge in [-0.1, -0.05) is 6.58 Å². The van der Waals surface area contributed by atoms with Gasteiger partial charge in [0.1, 0.15) is 19.2 Å². The summed E-state index contributed by atoms with van der Waals surface area (Å²) in [5, 5.41) is 9.19. The average Bonchev–Trinajstić information content (AvgIpc) is 1.81. The van der Waals surface area contributed by atoms with E-state index in [0.717, 1.165) is 0 Å². The Morgan fingerprint density at radius 2 is 1.93 bits per heavy atom. The van der Waals surface area contributed by atoms with Gasteiger partial charge in [0.25, 0.3) is 0 Å². The van der Waals surface area contributed by atoms with Gasteiger partial charge in [-0.15, -0.1) is 0 Å². The van der Waals surface area contributed by atoms with Crippen LogP contribution in [0.2, 0.25) is 0 Å². The number of carbonyl (C=O) groups excluding carboxylic acids is 1. The molecule has 0 aromatic heterocycles. The summed E-state index contributed by atoms with van der Waals surface area (Å²) in [7, 11) is 3.85. The summed E-state index contributed by atoms with van der Waals surface area (Å²) in [6, 6.07) is 0. The van der Waals surface area contributed by atoms with Crippen molar-refractivity contribution in [1.82, 2.24) is 0 Å². The maximum Gasteiger partial charge on any atom is 0.212 e. The molecule has 0 saturated carbocycles. The summed E-state index contributed by atoms with van der Waals surface area (Å²) < 4.78 is 0.503. The molecular formula is C10H20ClNO2. The summed E-state index contributed by atoms with van der Waals surface area (Å²) in [6.07, 6.45) is -0.382. The summed E-state index contributed by atoms with van der Waals surface area (Å²) in [5.41, 5.74) is 0.580. The Balaban J connectivity index is 0. The molecule has 0 amide bonds. The number of ketones is 1. The summed E-state index contributed by atoms with van der Waals surface area (Å²) in [4.78, 5) is 11.3. The second-order valence-electron chi connectivity index (χ2n) is 4.33. The van der Waals surface area contributed by atoms with Gasteiger partial charge < -0.3 is 22.0 Å². The highest BCUT2D eigenvalue weighted by Gasteiger charge is 2.21. The molecule has 14 heavy (non-hydrogen) atoms.